The number of nitrogens with one attached hydrogen (secondary N) is 1. The zero-order valence-corrected chi connectivity index (χ0v) is 27.7. The van der Waals surface area contributed by atoms with Gasteiger partial charge in [-0.1, -0.05) is 152 Å². The maximum Gasteiger partial charge on any atom is 0.169 e. The van der Waals surface area contributed by atoms with Gasteiger partial charge in [0.1, 0.15) is 11.7 Å². The zero-order valence-electron chi connectivity index (χ0n) is 27.7. The van der Waals surface area contributed by atoms with Gasteiger partial charge in [-0.05, 0) is 63.0 Å². The molecule has 0 spiro atoms. The van der Waals surface area contributed by atoms with Gasteiger partial charge in [-0.3, -0.25) is 0 Å². The molecule has 10 rings (SSSR count). The Hall–Kier alpha value is -6.78. The summed E-state index contributed by atoms with van der Waals surface area (Å²) in [6, 6.07) is 64.5. The number of hydrogen-bond acceptors (Lipinski definition) is 3. The highest BCUT2D eigenvalue weighted by atomic mass is 15.2. The standard InChI is InChI=1S/C47H32N4/c1-3-13-31(14-4-1)35-19-11-20-36(29-35)46-48-45(34-17-5-2-6-18-34)49-47(50-46)37-21-12-22-38(30-37)51-41-27-25-32-15-7-9-23-39(32)43(41)44-40-24-10-8-16-33(40)26-28-42(44)51/h1-30,47H,(H,48,49,50). The lowest BCUT2D eigenvalue weighted by Gasteiger charge is -2.23. The normalized spacial score (nSPS) is 14.5. The van der Waals surface area contributed by atoms with E-state index in [2.05, 4.69) is 168 Å². The van der Waals surface area contributed by atoms with Crippen LogP contribution in [0.1, 0.15) is 22.9 Å². The van der Waals surface area contributed by atoms with Crippen molar-refractivity contribution in [2.45, 2.75) is 6.17 Å². The molecule has 4 nitrogen and oxygen atoms in total. The van der Waals surface area contributed by atoms with Crippen LogP contribution in [0.4, 0.5) is 0 Å². The quantitative estimate of drug-likeness (QED) is 0.197. The van der Waals surface area contributed by atoms with Crippen molar-refractivity contribution >= 4 is 55.0 Å². The van der Waals surface area contributed by atoms with Crippen molar-refractivity contribution in [3.63, 3.8) is 0 Å². The SMILES string of the molecule is c1ccc(C2=NC(c3cccc(-n4c5ccc6ccccc6c5c5c6ccccc6ccc54)c3)N=C(c3cccc(-c4ccccc4)c3)N2)cc1. The van der Waals surface area contributed by atoms with Crippen LogP contribution in [0.3, 0.4) is 0 Å². The van der Waals surface area contributed by atoms with E-state index in [1.807, 2.05) is 24.3 Å². The summed E-state index contributed by atoms with van der Waals surface area (Å²) < 4.78 is 2.41. The van der Waals surface area contributed by atoms with Gasteiger partial charge in [-0.15, -0.1) is 0 Å². The Balaban J connectivity index is 1.16. The van der Waals surface area contributed by atoms with Gasteiger partial charge in [0, 0.05) is 33.2 Å². The first-order valence-electron chi connectivity index (χ1n) is 17.4. The highest BCUT2D eigenvalue weighted by molar-refractivity contribution is 6.28. The van der Waals surface area contributed by atoms with E-state index in [0.29, 0.717) is 0 Å². The molecule has 0 amide bonds. The molecule has 0 bridgehead atoms. The topological polar surface area (TPSA) is 41.7 Å². The van der Waals surface area contributed by atoms with Gasteiger partial charge in [0.2, 0.25) is 0 Å². The molecule has 0 saturated heterocycles. The molecule has 0 fully saturated rings. The maximum atomic E-state index is 5.27. The van der Waals surface area contributed by atoms with E-state index in [9.17, 15) is 0 Å². The van der Waals surface area contributed by atoms with Crippen molar-refractivity contribution in [2.75, 3.05) is 0 Å². The molecule has 1 unspecified atom stereocenters. The summed E-state index contributed by atoms with van der Waals surface area (Å²) in [6.07, 6.45) is -0.438. The van der Waals surface area contributed by atoms with E-state index in [1.165, 1.54) is 48.9 Å². The van der Waals surface area contributed by atoms with Crippen LogP contribution in [-0.4, -0.2) is 16.2 Å². The lowest BCUT2D eigenvalue weighted by molar-refractivity contribution is 0.755. The molecule has 0 saturated carbocycles. The second-order valence-electron chi connectivity index (χ2n) is 13.1. The van der Waals surface area contributed by atoms with Crippen LogP contribution in [0.15, 0.2) is 192 Å². The fraction of sp³-hybridized carbons (Fsp3) is 0.0213. The van der Waals surface area contributed by atoms with Gasteiger partial charge in [0.05, 0.1) is 11.0 Å². The van der Waals surface area contributed by atoms with Crippen molar-refractivity contribution in [3.05, 3.63) is 199 Å². The predicted octanol–water partition coefficient (Wildman–Crippen LogP) is 11.3. The molecule has 1 aromatic heterocycles. The molecule has 4 heteroatoms. The van der Waals surface area contributed by atoms with Crippen molar-refractivity contribution < 1.29 is 0 Å². The summed E-state index contributed by atoms with van der Waals surface area (Å²) in [5.41, 5.74) is 8.81. The van der Waals surface area contributed by atoms with E-state index in [4.69, 9.17) is 9.98 Å². The minimum Gasteiger partial charge on any atom is -0.324 e. The number of fused-ring (bicyclic) bond motifs is 7. The third-order valence-electron chi connectivity index (χ3n) is 10.0. The first-order valence-corrected chi connectivity index (χ1v) is 17.4. The smallest absolute Gasteiger partial charge is 0.169 e. The molecular formula is C47H32N4. The van der Waals surface area contributed by atoms with E-state index in [-0.39, 0.29) is 0 Å². The van der Waals surface area contributed by atoms with Gasteiger partial charge >= 0.3 is 0 Å². The maximum absolute atomic E-state index is 5.27. The fourth-order valence-corrected chi connectivity index (χ4v) is 7.62. The van der Waals surface area contributed by atoms with Crippen molar-refractivity contribution in [3.8, 4) is 16.8 Å². The third-order valence-corrected chi connectivity index (χ3v) is 10.0. The summed E-state index contributed by atoms with van der Waals surface area (Å²) in [5.74, 6) is 1.60. The van der Waals surface area contributed by atoms with Crippen molar-refractivity contribution in [1.29, 1.82) is 0 Å². The number of rotatable bonds is 5. The monoisotopic (exact) mass is 652 g/mol. The Morgan fingerprint density at radius 2 is 0.941 bits per heavy atom. The van der Waals surface area contributed by atoms with E-state index >= 15 is 0 Å². The second kappa shape index (κ2) is 12.0. The van der Waals surface area contributed by atoms with Gasteiger partial charge < -0.3 is 9.88 Å². The second-order valence-corrected chi connectivity index (χ2v) is 13.1. The van der Waals surface area contributed by atoms with E-state index in [1.54, 1.807) is 0 Å². The number of nitrogens with zero attached hydrogens (tertiary/aromatic N) is 3. The van der Waals surface area contributed by atoms with Gasteiger partial charge in [-0.2, -0.15) is 0 Å². The lowest BCUT2D eigenvalue weighted by atomic mass is 10.00. The Morgan fingerprint density at radius 1 is 0.412 bits per heavy atom. The summed E-state index contributed by atoms with van der Waals surface area (Å²) in [4.78, 5) is 10.5. The minimum absolute atomic E-state index is 0.438. The summed E-state index contributed by atoms with van der Waals surface area (Å²) in [5, 5.41) is 11.1. The van der Waals surface area contributed by atoms with Crippen LogP contribution in [0.2, 0.25) is 0 Å². The average molecular weight is 653 g/mol. The number of aromatic nitrogens is 1. The molecular weight excluding hydrogens is 621 g/mol. The third kappa shape index (κ3) is 5.00. The van der Waals surface area contributed by atoms with Crippen LogP contribution >= 0.6 is 0 Å². The largest absolute Gasteiger partial charge is 0.324 e. The number of aliphatic imine (C=N–C) groups is 2. The molecule has 2 heterocycles. The number of benzene rings is 8. The van der Waals surface area contributed by atoms with Crippen LogP contribution in [-0.2, 0) is 0 Å². The minimum atomic E-state index is -0.438. The lowest BCUT2D eigenvalue weighted by Crippen LogP contribution is -2.36. The number of amidine groups is 2. The molecule has 1 aliphatic rings. The Morgan fingerprint density at radius 3 is 1.61 bits per heavy atom. The van der Waals surface area contributed by atoms with Crippen molar-refractivity contribution in [1.82, 2.24) is 9.88 Å². The highest BCUT2D eigenvalue weighted by Gasteiger charge is 2.23. The molecule has 1 aliphatic heterocycles. The first kappa shape index (κ1) is 29.2. The Bertz CT molecular complexity index is 2740. The van der Waals surface area contributed by atoms with Crippen molar-refractivity contribution in [2.24, 2.45) is 9.98 Å². The van der Waals surface area contributed by atoms with Crippen LogP contribution in [0.25, 0.3) is 60.2 Å². The van der Waals surface area contributed by atoms with Gasteiger partial charge in [0.25, 0.3) is 0 Å². The molecule has 240 valence electrons. The Labute approximate surface area is 295 Å². The number of hydrogen-bond donors (Lipinski definition) is 1. The molecule has 8 aromatic carbocycles. The molecule has 51 heavy (non-hydrogen) atoms. The Kier molecular flexibility index (Phi) is 6.85. The van der Waals surface area contributed by atoms with Crippen LogP contribution < -0.4 is 5.32 Å². The molecule has 1 atom stereocenters. The highest BCUT2D eigenvalue weighted by Crippen LogP contribution is 2.41. The van der Waals surface area contributed by atoms with E-state index in [0.717, 1.165) is 39.6 Å². The molecule has 1 N–H and O–H groups in total. The van der Waals surface area contributed by atoms with Crippen LogP contribution in [0, 0.1) is 0 Å². The predicted molar refractivity (Wildman–Crippen MR) is 213 cm³/mol. The summed E-state index contributed by atoms with van der Waals surface area (Å²) in [7, 11) is 0. The molecule has 9 aromatic rings. The summed E-state index contributed by atoms with van der Waals surface area (Å²) >= 11 is 0. The zero-order chi connectivity index (χ0) is 33.7. The molecule has 0 radical (unpaired) electrons. The van der Waals surface area contributed by atoms with E-state index < -0.39 is 6.17 Å². The van der Waals surface area contributed by atoms with Crippen LogP contribution in [0.5, 0.6) is 0 Å². The van der Waals surface area contributed by atoms with Gasteiger partial charge in [-0.25, -0.2) is 9.98 Å². The summed E-state index contributed by atoms with van der Waals surface area (Å²) in [6.45, 7) is 0. The molecule has 0 aliphatic carbocycles. The fourth-order valence-electron chi connectivity index (χ4n) is 7.62. The average Bonchev–Trinajstić information content (AvgIpc) is 3.57. The first-order chi connectivity index (χ1) is 25.3. The van der Waals surface area contributed by atoms with Gasteiger partial charge in [0.15, 0.2) is 6.17 Å².